The van der Waals surface area contributed by atoms with Gasteiger partial charge in [0, 0.05) is 36.0 Å². The van der Waals surface area contributed by atoms with Gasteiger partial charge in [-0.25, -0.2) is 9.97 Å². The van der Waals surface area contributed by atoms with E-state index in [9.17, 15) is 44.3 Å². The third-order valence-electron chi connectivity index (χ3n) is 10.1. The van der Waals surface area contributed by atoms with Gasteiger partial charge < -0.3 is 15.4 Å². The van der Waals surface area contributed by atoms with Crippen molar-refractivity contribution in [3.63, 3.8) is 0 Å². The highest BCUT2D eigenvalue weighted by Gasteiger charge is 2.38. The van der Waals surface area contributed by atoms with E-state index >= 15 is 0 Å². The summed E-state index contributed by atoms with van der Waals surface area (Å²) in [5.41, 5.74) is -3.10. The van der Waals surface area contributed by atoms with Crippen LogP contribution in [0.3, 0.4) is 0 Å². The summed E-state index contributed by atoms with van der Waals surface area (Å²) in [6.07, 6.45) is -9.47. The third-order valence-corrected chi connectivity index (χ3v) is 11.1. The first kappa shape index (κ1) is 43.8. The van der Waals surface area contributed by atoms with E-state index in [1.54, 1.807) is 37.3 Å². The highest BCUT2D eigenvalue weighted by Crippen LogP contribution is 2.41. The Morgan fingerprint density at radius 3 is 2.04 bits per heavy atom. The molecule has 1 saturated carbocycles. The molecule has 6 nitrogen and oxygen atoms in total. The molecule has 2 atom stereocenters. The van der Waals surface area contributed by atoms with E-state index in [4.69, 9.17) is 4.74 Å². The van der Waals surface area contributed by atoms with Crippen molar-refractivity contribution >= 4 is 23.7 Å². The molecule has 1 unspecified atom stereocenters. The normalized spacial score (nSPS) is 17.5. The fourth-order valence-corrected chi connectivity index (χ4v) is 7.92. The van der Waals surface area contributed by atoms with Crippen molar-refractivity contribution in [3.05, 3.63) is 112 Å². The number of nitrogens with one attached hydrogen (secondary N) is 2. The van der Waals surface area contributed by atoms with Gasteiger partial charge in [-0.05, 0) is 117 Å². The second kappa shape index (κ2) is 18.5. The van der Waals surface area contributed by atoms with Gasteiger partial charge in [0.15, 0.2) is 0 Å². The van der Waals surface area contributed by atoms with Crippen molar-refractivity contribution in [3.8, 4) is 0 Å². The van der Waals surface area contributed by atoms with Crippen LogP contribution in [0.1, 0.15) is 104 Å². The Labute approximate surface area is 329 Å². The maximum atomic E-state index is 13.9. The lowest BCUT2D eigenvalue weighted by molar-refractivity contribution is -0.145. The van der Waals surface area contributed by atoms with Crippen LogP contribution < -0.4 is 10.6 Å². The van der Waals surface area contributed by atoms with Crippen molar-refractivity contribution in [1.82, 2.24) is 15.3 Å². The Bertz CT molecular complexity index is 1930. The predicted molar refractivity (Wildman–Crippen MR) is 198 cm³/mol. The summed E-state index contributed by atoms with van der Waals surface area (Å²) >= 11 is 1.16. The highest BCUT2D eigenvalue weighted by atomic mass is 32.2. The number of nitrogens with zero attached hydrogens (tertiary/aromatic N) is 2. The molecule has 1 aliphatic carbocycles. The molecule has 0 bridgehead atoms. The fourth-order valence-electron chi connectivity index (χ4n) is 6.94. The molecule has 1 aromatic heterocycles. The number of esters is 1. The number of anilines is 1. The Hall–Kier alpha value is -4.31. The van der Waals surface area contributed by atoms with E-state index in [1.807, 2.05) is 6.92 Å². The van der Waals surface area contributed by atoms with Gasteiger partial charge in [-0.2, -0.15) is 39.5 Å². The van der Waals surface area contributed by atoms with Gasteiger partial charge in [-0.15, -0.1) is 0 Å². The average molecular weight is 827 g/mol. The third kappa shape index (κ3) is 12.1. The van der Waals surface area contributed by atoms with E-state index in [0.717, 1.165) is 49.6 Å². The molecule has 0 spiro atoms. The topological polar surface area (TPSA) is 76.1 Å². The minimum Gasteiger partial charge on any atom is -0.466 e. The number of halogens is 9. The second-order valence-electron chi connectivity index (χ2n) is 14.2. The predicted octanol–water partition coefficient (Wildman–Crippen LogP) is 11.9. The molecule has 3 aromatic carbocycles. The Morgan fingerprint density at radius 1 is 0.825 bits per heavy atom. The van der Waals surface area contributed by atoms with Crippen LogP contribution in [0.4, 0.5) is 45.5 Å². The number of carbonyl (C=O) groups is 1. The van der Waals surface area contributed by atoms with Crippen LogP contribution in [0, 0.1) is 11.8 Å². The van der Waals surface area contributed by atoms with Gasteiger partial charge in [0.05, 0.1) is 33.9 Å². The highest BCUT2D eigenvalue weighted by molar-refractivity contribution is 7.99. The lowest BCUT2D eigenvalue weighted by Gasteiger charge is -2.29. The summed E-state index contributed by atoms with van der Waals surface area (Å²) in [5, 5.41) is 6.40. The molecular formula is C41H43F9N4O2S. The number of hydrogen-bond acceptors (Lipinski definition) is 7. The molecule has 308 valence electrons. The number of ether oxygens (including phenoxy) is 1. The van der Waals surface area contributed by atoms with E-state index in [0.29, 0.717) is 53.0 Å². The number of alkyl halides is 9. The molecule has 57 heavy (non-hydrogen) atoms. The molecule has 0 amide bonds. The smallest absolute Gasteiger partial charge is 0.416 e. The number of rotatable bonds is 14. The number of carbonyl (C=O) groups excluding carboxylic acids is 1. The van der Waals surface area contributed by atoms with Crippen LogP contribution in [-0.2, 0) is 34.6 Å². The summed E-state index contributed by atoms with van der Waals surface area (Å²) < 4.78 is 130. The van der Waals surface area contributed by atoms with Crippen molar-refractivity contribution in [2.24, 2.45) is 11.8 Å². The molecular weight excluding hydrogens is 784 g/mol. The molecule has 1 heterocycles. The maximum absolute atomic E-state index is 13.9. The van der Waals surface area contributed by atoms with Gasteiger partial charge in [-0.3, -0.25) is 4.79 Å². The quantitative estimate of drug-likeness (QED) is 0.0968. The second-order valence-corrected chi connectivity index (χ2v) is 15.3. The van der Waals surface area contributed by atoms with E-state index in [2.05, 4.69) is 20.6 Å². The maximum Gasteiger partial charge on any atom is 0.416 e. The van der Waals surface area contributed by atoms with Crippen molar-refractivity contribution in [2.75, 3.05) is 18.5 Å². The Morgan fingerprint density at radius 2 is 1.44 bits per heavy atom. The first-order valence-electron chi connectivity index (χ1n) is 18.5. The molecule has 1 aliphatic rings. The van der Waals surface area contributed by atoms with Gasteiger partial charge in [-0.1, -0.05) is 43.0 Å². The molecule has 0 aliphatic heterocycles. The summed E-state index contributed by atoms with van der Waals surface area (Å²) in [6.45, 7) is 5.81. The largest absolute Gasteiger partial charge is 0.466 e. The molecule has 1 fully saturated rings. The molecule has 4 aromatic rings. The van der Waals surface area contributed by atoms with Gasteiger partial charge in [0.2, 0.25) is 5.95 Å². The van der Waals surface area contributed by atoms with Crippen molar-refractivity contribution in [1.29, 1.82) is 0 Å². The number of aromatic nitrogens is 2. The molecule has 5 rings (SSSR count). The lowest BCUT2D eigenvalue weighted by Crippen LogP contribution is -2.29. The fraction of sp³-hybridized carbons (Fsp3) is 0.439. The summed E-state index contributed by atoms with van der Waals surface area (Å²) in [5.74, 6) is -0.821. The Balaban J connectivity index is 1.40. The van der Waals surface area contributed by atoms with Crippen molar-refractivity contribution < 1.29 is 49.0 Å². The van der Waals surface area contributed by atoms with Crippen LogP contribution in [0.5, 0.6) is 0 Å². The zero-order valence-corrected chi connectivity index (χ0v) is 32.2. The first-order chi connectivity index (χ1) is 26.8. The summed E-state index contributed by atoms with van der Waals surface area (Å²) in [6, 6.07) is 13.3. The van der Waals surface area contributed by atoms with Crippen LogP contribution in [-0.4, -0.2) is 29.1 Å². The van der Waals surface area contributed by atoms with Crippen molar-refractivity contribution in [2.45, 2.75) is 99.7 Å². The Kier molecular flexibility index (Phi) is 14.2. The van der Waals surface area contributed by atoms with Crippen LogP contribution >= 0.6 is 11.8 Å². The molecule has 2 N–H and O–H groups in total. The first-order valence-corrected chi connectivity index (χ1v) is 19.4. The van der Waals surface area contributed by atoms with Crippen LogP contribution in [0.2, 0.25) is 0 Å². The molecule has 16 heteroatoms. The van der Waals surface area contributed by atoms with Gasteiger partial charge >= 0.3 is 24.5 Å². The average Bonchev–Trinajstić information content (AvgIpc) is 3.16. The standard InChI is InChI=1S/C41H43F9N4O2S/c1-4-56-36(55)16-26-10-12-27(13-11-26)21-51-25(3)34-15-14-30(39(42,43)44)19-29(34)22-52-38-53-23-35(57-33-8-6-5-7-9-33)37(54-38)24(2)28-17-31(40(45,46)47)20-32(18-28)41(48,49)50/h5-9,14-15,17-20,23-27,51H,4,10-13,16,21-22H2,1-3H3,(H,52,53,54)/t24-,25?,26?,27?/m0/s1. The zero-order chi connectivity index (χ0) is 41.5. The number of benzene rings is 3. The SMILES string of the molecule is CCOC(=O)CC1CCC(CNC(C)c2ccc(C(F)(F)F)cc2CNc2ncc(Sc3ccccc3)c([C@@H](C)c3cc(C(F)(F)F)cc(C(F)(F)F)c3)n2)CC1. The summed E-state index contributed by atoms with van der Waals surface area (Å²) in [7, 11) is 0. The molecule has 0 radical (unpaired) electrons. The van der Waals surface area contributed by atoms with E-state index in [1.165, 1.54) is 19.2 Å². The van der Waals surface area contributed by atoms with E-state index in [-0.39, 0.29) is 53.3 Å². The zero-order valence-electron chi connectivity index (χ0n) is 31.4. The van der Waals surface area contributed by atoms with Gasteiger partial charge in [0.25, 0.3) is 0 Å². The van der Waals surface area contributed by atoms with E-state index < -0.39 is 41.1 Å². The summed E-state index contributed by atoms with van der Waals surface area (Å²) in [4.78, 5) is 21.9. The van der Waals surface area contributed by atoms with Crippen LogP contribution in [0.15, 0.2) is 82.7 Å². The minimum absolute atomic E-state index is 0.0599. The van der Waals surface area contributed by atoms with Gasteiger partial charge in [0.1, 0.15) is 0 Å². The lowest BCUT2D eigenvalue weighted by atomic mass is 9.80. The molecule has 0 saturated heterocycles. The number of hydrogen-bond donors (Lipinski definition) is 2. The van der Waals surface area contributed by atoms with Crippen LogP contribution in [0.25, 0.3) is 0 Å². The monoisotopic (exact) mass is 826 g/mol. The minimum atomic E-state index is -5.06.